The topological polar surface area (TPSA) is 74.6 Å². The van der Waals surface area contributed by atoms with Gasteiger partial charge in [0, 0.05) is 24.3 Å². The molecule has 0 atom stereocenters. The summed E-state index contributed by atoms with van der Waals surface area (Å²) in [7, 11) is 0. The van der Waals surface area contributed by atoms with Gasteiger partial charge in [0.1, 0.15) is 5.76 Å². The van der Waals surface area contributed by atoms with Gasteiger partial charge in [0.25, 0.3) is 5.91 Å². The monoisotopic (exact) mass is 285 g/mol. The first-order chi connectivity index (χ1) is 10.2. The number of hydrogen-bond acceptors (Lipinski definition) is 3. The Morgan fingerprint density at radius 1 is 1.29 bits per heavy atom. The molecule has 21 heavy (non-hydrogen) atoms. The zero-order chi connectivity index (χ0) is 14.7. The van der Waals surface area contributed by atoms with E-state index in [4.69, 9.17) is 4.42 Å². The largest absolute Gasteiger partial charge is 0.467 e. The second-order valence-corrected chi connectivity index (χ2v) is 4.69. The molecule has 0 bridgehead atoms. The van der Waals surface area contributed by atoms with Gasteiger partial charge in [-0.05, 0) is 36.4 Å². The van der Waals surface area contributed by atoms with Gasteiger partial charge in [-0.2, -0.15) is 0 Å². The van der Waals surface area contributed by atoms with Crippen molar-refractivity contribution in [3.8, 4) is 0 Å². The molecular formula is C15H15N3O3. The van der Waals surface area contributed by atoms with Crippen LogP contribution in [0.4, 0.5) is 10.5 Å². The summed E-state index contributed by atoms with van der Waals surface area (Å²) in [6, 6.07) is 10.4. The maximum Gasteiger partial charge on any atom is 0.321 e. The molecule has 1 aliphatic rings. The third kappa shape index (κ3) is 2.89. The van der Waals surface area contributed by atoms with Crippen molar-refractivity contribution >= 4 is 17.6 Å². The van der Waals surface area contributed by atoms with Gasteiger partial charge in [-0.15, -0.1) is 0 Å². The number of carbonyl (C=O) groups is 2. The van der Waals surface area contributed by atoms with Crippen LogP contribution in [0.25, 0.3) is 0 Å². The quantitative estimate of drug-likeness (QED) is 0.898. The molecule has 6 heteroatoms. The molecule has 1 aromatic carbocycles. The molecular weight excluding hydrogens is 270 g/mol. The molecule has 0 radical (unpaired) electrons. The second kappa shape index (κ2) is 5.70. The van der Waals surface area contributed by atoms with E-state index in [9.17, 15) is 9.59 Å². The Bertz CT molecular complexity index is 635. The summed E-state index contributed by atoms with van der Waals surface area (Å²) in [5, 5.41) is 5.51. The Morgan fingerprint density at radius 2 is 2.10 bits per heavy atom. The molecule has 1 saturated heterocycles. The van der Waals surface area contributed by atoms with Crippen LogP contribution in [0.15, 0.2) is 47.1 Å². The molecule has 1 aromatic heterocycles. The number of urea groups is 1. The third-order valence-electron chi connectivity index (χ3n) is 3.30. The van der Waals surface area contributed by atoms with Crippen molar-refractivity contribution in [3.05, 3.63) is 54.0 Å². The first-order valence-electron chi connectivity index (χ1n) is 6.70. The van der Waals surface area contributed by atoms with Crippen molar-refractivity contribution in [2.24, 2.45) is 0 Å². The highest BCUT2D eigenvalue weighted by molar-refractivity contribution is 5.96. The summed E-state index contributed by atoms with van der Waals surface area (Å²) in [5.74, 6) is 0.525. The van der Waals surface area contributed by atoms with Crippen molar-refractivity contribution in [1.82, 2.24) is 10.6 Å². The van der Waals surface area contributed by atoms with E-state index in [1.54, 1.807) is 47.6 Å². The van der Waals surface area contributed by atoms with Crippen molar-refractivity contribution in [3.63, 3.8) is 0 Å². The Hall–Kier alpha value is -2.76. The molecule has 2 N–H and O–H groups in total. The van der Waals surface area contributed by atoms with E-state index in [2.05, 4.69) is 10.6 Å². The van der Waals surface area contributed by atoms with E-state index < -0.39 is 0 Å². The van der Waals surface area contributed by atoms with E-state index in [0.29, 0.717) is 31.0 Å². The zero-order valence-electron chi connectivity index (χ0n) is 11.3. The standard InChI is InChI=1S/C15H15N3O3/c19-14(17-10-13-2-1-9-21-13)11-3-5-12(6-4-11)18-8-7-16-15(18)20/h1-6,9H,7-8,10H2,(H,16,20)(H,17,19). The molecule has 1 aliphatic heterocycles. The summed E-state index contributed by atoms with van der Waals surface area (Å²) in [5.41, 5.74) is 1.33. The lowest BCUT2D eigenvalue weighted by molar-refractivity contribution is 0.0948. The molecule has 2 aromatic rings. The number of rotatable bonds is 4. The van der Waals surface area contributed by atoms with Gasteiger partial charge in [-0.3, -0.25) is 9.69 Å². The molecule has 108 valence electrons. The van der Waals surface area contributed by atoms with Crippen LogP contribution in [0.5, 0.6) is 0 Å². The van der Waals surface area contributed by atoms with Gasteiger partial charge in [-0.1, -0.05) is 0 Å². The first kappa shape index (κ1) is 13.2. The van der Waals surface area contributed by atoms with Crippen LogP contribution in [-0.4, -0.2) is 25.0 Å². The van der Waals surface area contributed by atoms with Crippen molar-refractivity contribution in [2.75, 3.05) is 18.0 Å². The number of benzene rings is 1. The van der Waals surface area contributed by atoms with Crippen LogP contribution in [0, 0.1) is 0 Å². The van der Waals surface area contributed by atoms with Crippen LogP contribution in [0.3, 0.4) is 0 Å². The minimum atomic E-state index is -0.177. The fourth-order valence-corrected chi connectivity index (χ4v) is 2.19. The van der Waals surface area contributed by atoms with Gasteiger partial charge in [0.15, 0.2) is 0 Å². The number of furan rings is 1. The third-order valence-corrected chi connectivity index (χ3v) is 3.30. The fraction of sp³-hybridized carbons (Fsp3) is 0.200. The number of nitrogens with one attached hydrogen (secondary N) is 2. The molecule has 1 fully saturated rings. The van der Waals surface area contributed by atoms with E-state index in [-0.39, 0.29) is 11.9 Å². The van der Waals surface area contributed by atoms with E-state index in [1.165, 1.54) is 0 Å². The van der Waals surface area contributed by atoms with Crippen LogP contribution in [0.1, 0.15) is 16.1 Å². The average Bonchev–Trinajstić information content (AvgIpc) is 3.16. The first-order valence-corrected chi connectivity index (χ1v) is 6.70. The number of nitrogens with zero attached hydrogens (tertiary/aromatic N) is 1. The van der Waals surface area contributed by atoms with Crippen molar-refractivity contribution in [2.45, 2.75) is 6.54 Å². The molecule has 0 unspecified atom stereocenters. The average molecular weight is 285 g/mol. The van der Waals surface area contributed by atoms with E-state index in [1.807, 2.05) is 0 Å². The predicted molar refractivity (Wildman–Crippen MR) is 77.1 cm³/mol. The van der Waals surface area contributed by atoms with Gasteiger partial charge < -0.3 is 15.1 Å². The van der Waals surface area contributed by atoms with Crippen molar-refractivity contribution < 1.29 is 14.0 Å². The maximum absolute atomic E-state index is 12.0. The molecule has 0 aliphatic carbocycles. The Labute approximate surface area is 121 Å². The summed E-state index contributed by atoms with van der Waals surface area (Å²) in [6.45, 7) is 1.63. The van der Waals surface area contributed by atoms with Crippen LogP contribution >= 0.6 is 0 Å². The van der Waals surface area contributed by atoms with Crippen LogP contribution in [-0.2, 0) is 6.54 Å². The fourth-order valence-electron chi connectivity index (χ4n) is 2.19. The van der Waals surface area contributed by atoms with Crippen molar-refractivity contribution in [1.29, 1.82) is 0 Å². The Balaban J connectivity index is 1.63. The SMILES string of the molecule is O=C(NCc1ccco1)c1ccc(N2CCNC2=O)cc1. The molecule has 0 saturated carbocycles. The zero-order valence-corrected chi connectivity index (χ0v) is 11.3. The lowest BCUT2D eigenvalue weighted by Gasteiger charge is -2.14. The smallest absolute Gasteiger partial charge is 0.321 e. The number of anilines is 1. The summed E-state index contributed by atoms with van der Waals surface area (Å²) in [6.07, 6.45) is 1.57. The summed E-state index contributed by atoms with van der Waals surface area (Å²) >= 11 is 0. The number of amides is 3. The summed E-state index contributed by atoms with van der Waals surface area (Å²) in [4.78, 5) is 25.2. The normalized spacial score (nSPS) is 14.1. The second-order valence-electron chi connectivity index (χ2n) is 4.69. The summed E-state index contributed by atoms with van der Waals surface area (Å²) < 4.78 is 5.15. The predicted octanol–water partition coefficient (Wildman–Crippen LogP) is 1.74. The van der Waals surface area contributed by atoms with Crippen LogP contribution < -0.4 is 15.5 Å². The van der Waals surface area contributed by atoms with Gasteiger partial charge in [0.2, 0.25) is 0 Å². The Kier molecular flexibility index (Phi) is 3.59. The Morgan fingerprint density at radius 3 is 2.71 bits per heavy atom. The highest BCUT2D eigenvalue weighted by Gasteiger charge is 2.21. The van der Waals surface area contributed by atoms with Crippen LogP contribution in [0.2, 0.25) is 0 Å². The molecule has 0 spiro atoms. The highest BCUT2D eigenvalue weighted by atomic mass is 16.3. The minimum Gasteiger partial charge on any atom is -0.467 e. The van der Waals surface area contributed by atoms with Gasteiger partial charge in [0.05, 0.1) is 12.8 Å². The lowest BCUT2D eigenvalue weighted by Crippen LogP contribution is -2.27. The lowest BCUT2D eigenvalue weighted by atomic mass is 10.2. The van der Waals surface area contributed by atoms with Gasteiger partial charge >= 0.3 is 6.03 Å². The molecule has 3 rings (SSSR count). The molecule has 6 nitrogen and oxygen atoms in total. The molecule has 3 amide bonds. The minimum absolute atomic E-state index is 0.106. The molecule has 2 heterocycles. The number of carbonyl (C=O) groups excluding carboxylic acids is 2. The highest BCUT2D eigenvalue weighted by Crippen LogP contribution is 2.17. The number of hydrogen-bond donors (Lipinski definition) is 2. The van der Waals surface area contributed by atoms with E-state index in [0.717, 1.165) is 5.69 Å². The van der Waals surface area contributed by atoms with E-state index >= 15 is 0 Å². The van der Waals surface area contributed by atoms with Gasteiger partial charge in [-0.25, -0.2) is 4.79 Å². The maximum atomic E-state index is 12.0.